The van der Waals surface area contributed by atoms with Crippen molar-refractivity contribution in [3.63, 3.8) is 0 Å². The summed E-state index contributed by atoms with van der Waals surface area (Å²) in [7, 11) is -4.30. The number of aromatic hydroxyl groups is 1. The standard InChI is InChI=1S/C25H27N5O6S/c1-25(2,3)36-24(33)26-15-11-12-17-19(13-15)37(34,35)29-22(27-17)20-21(31)16-9-4-5-10-18(16)30(23(20)32)28-14-7-6-8-14/h4-5,9-14,28,31H,6-8H2,1-3H3,(H,26,33)(H,27,29). The number of para-hydroxylation sites is 1. The minimum absolute atomic E-state index is 0.0973. The maximum atomic E-state index is 13.6. The van der Waals surface area contributed by atoms with Crippen LogP contribution in [0.1, 0.15) is 45.6 Å². The van der Waals surface area contributed by atoms with Gasteiger partial charge in [-0.25, -0.2) is 9.47 Å². The summed E-state index contributed by atoms with van der Waals surface area (Å²) in [5.74, 6) is -0.668. The lowest BCUT2D eigenvalue weighted by atomic mass is 9.94. The van der Waals surface area contributed by atoms with Crippen molar-refractivity contribution in [1.29, 1.82) is 0 Å². The number of hydrogen-bond acceptors (Lipinski definition) is 8. The van der Waals surface area contributed by atoms with E-state index in [4.69, 9.17) is 4.74 Å². The van der Waals surface area contributed by atoms with Gasteiger partial charge >= 0.3 is 6.09 Å². The molecule has 1 amide bonds. The Morgan fingerprint density at radius 3 is 2.59 bits per heavy atom. The minimum Gasteiger partial charge on any atom is -0.506 e. The fraction of sp³-hybridized carbons (Fsp3) is 0.320. The van der Waals surface area contributed by atoms with Crippen molar-refractivity contribution in [3.05, 3.63) is 58.4 Å². The van der Waals surface area contributed by atoms with Crippen molar-refractivity contribution < 1.29 is 23.1 Å². The van der Waals surface area contributed by atoms with E-state index in [9.17, 15) is 23.1 Å². The van der Waals surface area contributed by atoms with Gasteiger partial charge in [-0.1, -0.05) is 12.1 Å². The maximum Gasteiger partial charge on any atom is 0.412 e. The Morgan fingerprint density at radius 1 is 1.19 bits per heavy atom. The van der Waals surface area contributed by atoms with Crippen LogP contribution < -0.4 is 21.6 Å². The molecule has 0 bridgehead atoms. The number of sulfonamides is 1. The lowest BCUT2D eigenvalue weighted by molar-refractivity contribution is 0.0636. The Balaban J connectivity index is 1.56. The van der Waals surface area contributed by atoms with E-state index in [1.807, 2.05) is 0 Å². The van der Waals surface area contributed by atoms with Crippen molar-refractivity contribution in [2.45, 2.75) is 56.6 Å². The number of fused-ring (bicyclic) bond motifs is 2. The van der Waals surface area contributed by atoms with E-state index in [0.717, 1.165) is 19.3 Å². The number of anilines is 2. The number of pyridine rings is 1. The molecule has 12 heteroatoms. The van der Waals surface area contributed by atoms with Crippen LogP contribution in [0.25, 0.3) is 10.9 Å². The quantitative estimate of drug-likeness (QED) is 0.402. The first-order valence-electron chi connectivity index (χ1n) is 11.8. The second kappa shape index (κ2) is 8.80. The fourth-order valence-corrected chi connectivity index (χ4v) is 5.30. The Morgan fingerprint density at radius 2 is 1.92 bits per heavy atom. The van der Waals surface area contributed by atoms with Crippen LogP contribution in [0.5, 0.6) is 5.75 Å². The van der Waals surface area contributed by atoms with Gasteiger partial charge in [0, 0.05) is 17.1 Å². The summed E-state index contributed by atoms with van der Waals surface area (Å²) < 4.78 is 36.7. The molecule has 0 radical (unpaired) electrons. The highest BCUT2D eigenvalue weighted by atomic mass is 32.2. The van der Waals surface area contributed by atoms with Gasteiger partial charge in [0.15, 0.2) is 5.84 Å². The molecule has 1 fully saturated rings. The van der Waals surface area contributed by atoms with Crippen molar-refractivity contribution in [2.24, 2.45) is 4.40 Å². The molecular formula is C25H27N5O6S. The van der Waals surface area contributed by atoms with Crippen LogP contribution >= 0.6 is 0 Å². The third kappa shape index (κ3) is 4.71. The lowest BCUT2D eigenvalue weighted by Gasteiger charge is -2.29. The second-order valence-electron chi connectivity index (χ2n) is 10.0. The van der Waals surface area contributed by atoms with E-state index in [0.29, 0.717) is 10.9 Å². The topological polar surface area (TPSA) is 151 Å². The molecule has 3 aromatic rings. The predicted octanol–water partition coefficient (Wildman–Crippen LogP) is 3.71. The molecule has 1 aromatic heterocycles. The molecule has 1 aliphatic heterocycles. The van der Waals surface area contributed by atoms with Crippen molar-refractivity contribution in [1.82, 2.24) is 4.68 Å². The largest absolute Gasteiger partial charge is 0.506 e. The number of aromatic nitrogens is 1. The number of carbonyl (C=O) groups is 1. The zero-order valence-corrected chi connectivity index (χ0v) is 21.3. The number of amidine groups is 1. The van der Waals surface area contributed by atoms with Crippen LogP contribution in [0.4, 0.5) is 16.2 Å². The average molecular weight is 526 g/mol. The minimum atomic E-state index is -4.30. The Hall–Kier alpha value is -4.06. The highest BCUT2D eigenvalue weighted by Crippen LogP contribution is 2.34. The summed E-state index contributed by atoms with van der Waals surface area (Å²) in [6, 6.07) is 11.1. The molecule has 0 spiro atoms. The molecule has 5 rings (SSSR count). The molecule has 2 heterocycles. The van der Waals surface area contributed by atoms with Crippen LogP contribution in [0.2, 0.25) is 0 Å². The SMILES string of the molecule is CC(C)(C)OC(=O)Nc1ccc2c(c1)S(=O)(=O)N=C(c1c(O)c3ccccc3n(NC3CCC3)c1=O)N2. The van der Waals surface area contributed by atoms with Gasteiger partial charge < -0.3 is 20.6 Å². The lowest BCUT2D eigenvalue weighted by Crippen LogP contribution is -2.42. The average Bonchev–Trinajstić information content (AvgIpc) is 2.77. The molecule has 1 aliphatic carbocycles. The van der Waals surface area contributed by atoms with E-state index in [1.165, 1.54) is 22.9 Å². The first-order chi connectivity index (χ1) is 17.4. The van der Waals surface area contributed by atoms with Gasteiger partial charge in [0.05, 0.1) is 11.2 Å². The second-order valence-corrected chi connectivity index (χ2v) is 11.6. The summed E-state index contributed by atoms with van der Waals surface area (Å²) in [4.78, 5) is 25.5. The zero-order valence-electron chi connectivity index (χ0n) is 20.5. The van der Waals surface area contributed by atoms with Crippen molar-refractivity contribution in [3.8, 4) is 5.75 Å². The Kier molecular flexibility index (Phi) is 5.86. The number of rotatable bonds is 4. The Bertz CT molecular complexity index is 1620. The number of hydrogen-bond donors (Lipinski definition) is 4. The molecule has 194 valence electrons. The van der Waals surface area contributed by atoms with Crippen LogP contribution in [0.3, 0.4) is 0 Å². The smallest absolute Gasteiger partial charge is 0.412 e. The summed E-state index contributed by atoms with van der Waals surface area (Å²) in [5.41, 5.74) is 2.37. The van der Waals surface area contributed by atoms with Gasteiger partial charge in [0.1, 0.15) is 21.8 Å². The molecule has 1 saturated carbocycles. The van der Waals surface area contributed by atoms with Gasteiger partial charge in [-0.3, -0.25) is 10.1 Å². The summed E-state index contributed by atoms with van der Waals surface area (Å²) in [6.45, 7) is 5.13. The maximum absolute atomic E-state index is 13.6. The zero-order chi connectivity index (χ0) is 26.5. The van der Waals surface area contributed by atoms with E-state index < -0.39 is 27.3 Å². The third-order valence-electron chi connectivity index (χ3n) is 6.08. The fourth-order valence-electron chi connectivity index (χ4n) is 4.15. The molecule has 37 heavy (non-hydrogen) atoms. The van der Waals surface area contributed by atoms with E-state index >= 15 is 0 Å². The predicted molar refractivity (Wildman–Crippen MR) is 141 cm³/mol. The normalized spacial score (nSPS) is 16.7. The third-order valence-corrected chi connectivity index (χ3v) is 7.39. The Labute approximate surface area is 213 Å². The molecule has 11 nitrogen and oxygen atoms in total. The molecule has 0 saturated heterocycles. The van der Waals surface area contributed by atoms with Crippen LogP contribution in [-0.4, -0.2) is 41.8 Å². The molecular weight excluding hydrogens is 498 g/mol. The highest BCUT2D eigenvalue weighted by molar-refractivity contribution is 7.90. The summed E-state index contributed by atoms with van der Waals surface area (Å²) in [5, 5.41) is 16.8. The summed E-state index contributed by atoms with van der Waals surface area (Å²) in [6.07, 6.45) is 2.11. The monoisotopic (exact) mass is 525 g/mol. The highest BCUT2D eigenvalue weighted by Gasteiger charge is 2.31. The molecule has 2 aliphatic rings. The van der Waals surface area contributed by atoms with E-state index in [2.05, 4.69) is 20.5 Å². The summed E-state index contributed by atoms with van der Waals surface area (Å²) >= 11 is 0. The number of nitrogens with zero attached hydrogens (tertiary/aromatic N) is 2. The first-order valence-corrected chi connectivity index (χ1v) is 13.3. The molecule has 0 atom stereocenters. The van der Waals surface area contributed by atoms with E-state index in [1.54, 1.807) is 45.0 Å². The molecule has 2 aromatic carbocycles. The number of nitrogens with one attached hydrogen (secondary N) is 3. The van der Waals surface area contributed by atoms with Crippen molar-refractivity contribution >= 4 is 44.2 Å². The van der Waals surface area contributed by atoms with Crippen molar-refractivity contribution in [2.75, 3.05) is 16.1 Å². The van der Waals surface area contributed by atoms with Gasteiger partial charge in [0.2, 0.25) is 0 Å². The number of amides is 1. The first kappa shape index (κ1) is 24.6. The van der Waals surface area contributed by atoms with E-state index in [-0.39, 0.29) is 39.5 Å². The van der Waals surface area contributed by atoms with Gasteiger partial charge in [0.25, 0.3) is 15.6 Å². The van der Waals surface area contributed by atoms with Crippen LogP contribution in [-0.2, 0) is 14.8 Å². The molecule has 0 unspecified atom stereocenters. The van der Waals surface area contributed by atoms with Gasteiger partial charge in [-0.05, 0) is 70.4 Å². The number of carbonyl (C=O) groups excluding carboxylic acids is 1. The van der Waals surface area contributed by atoms with Gasteiger partial charge in [-0.2, -0.15) is 8.42 Å². The van der Waals surface area contributed by atoms with Gasteiger partial charge in [-0.15, -0.1) is 4.40 Å². The number of ether oxygens (including phenoxy) is 1. The molecule has 4 N–H and O–H groups in total. The van der Waals surface area contributed by atoms with Crippen LogP contribution in [0.15, 0.2) is 56.6 Å². The number of benzene rings is 2. The van der Waals surface area contributed by atoms with Crippen LogP contribution in [0, 0.1) is 0 Å².